The molecule has 0 radical (unpaired) electrons. The molecule has 1 N–H and O–H groups in total. The van der Waals surface area contributed by atoms with E-state index in [1.54, 1.807) is 0 Å². The van der Waals surface area contributed by atoms with Crippen LogP contribution in [0.2, 0.25) is 0 Å². The number of nitrogens with zero attached hydrogens (tertiary/aromatic N) is 2. The summed E-state index contributed by atoms with van der Waals surface area (Å²) in [7, 11) is 0. The number of benzene rings is 1. The fourth-order valence-electron chi connectivity index (χ4n) is 2.59. The Morgan fingerprint density at radius 3 is 3.10 bits per heavy atom. The molecule has 0 fully saturated rings. The van der Waals surface area contributed by atoms with E-state index in [1.165, 1.54) is 18.4 Å². The highest BCUT2D eigenvalue weighted by Crippen LogP contribution is 2.27. The van der Waals surface area contributed by atoms with Crippen molar-refractivity contribution in [2.75, 3.05) is 13.1 Å². The van der Waals surface area contributed by atoms with Crippen LogP contribution < -0.4 is 10.1 Å². The highest BCUT2D eigenvalue weighted by Gasteiger charge is 2.21. The predicted molar refractivity (Wildman–Crippen MR) is 78.9 cm³/mol. The van der Waals surface area contributed by atoms with E-state index in [0.717, 1.165) is 31.8 Å². The molecule has 0 saturated heterocycles. The molecule has 0 amide bonds. The van der Waals surface area contributed by atoms with Crippen molar-refractivity contribution < 1.29 is 4.74 Å². The maximum absolute atomic E-state index is 5.90. The van der Waals surface area contributed by atoms with Crippen LogP contribution >= 0.6 is 0 Å². The summed E-state index contributed by atoms with van der Waals surface area (Å²) in [6.07, 6.45) is 9.38. The van der Waals surface area contributed by atoms with Crippen molar-refractivity contribution >= 4 is 0 Å². The van der Waals surface area contributed by atoms with Crippen molar-refractivity contribution in [3.8, 4) is 5.75 Å². The molecule has 1 unspecified atom stereocenters. The van der Waals surface area contributed by atoms with Gasteiger partial charge in [0.1, 0.15) is 11.9 Å². The van der Waals surface area contributed by atoms with E-state index < -0.39 is 0 Å². The molecule has 4 heteroatoms. The third-order valence-corrected chi connectivity index (χ3v) is 3.66. The van der Waals surface area contributed by atoms with E-state index >= 15 is 0 Å². The summed E-state index contributed by atoms with van der Waals surface area (Å²) in [6, 6.07) is 8.32. The molecule has 1 atom stereocenters. The number of aromatic nitrogens is 2. The monoisotopic (exact) mass is 271 g/mol. The first-order valence-corrected chi connectivity index (χ1v) is 7.33. The van der Waals surface area contributed by atoms with E-state index in [0.29, 0.717) is 6.10 Å². The average molecular weight is 271 g/mol. The van der Waals surface area contributed by atoms with Crippen LogP contribution in [0.3, 0.4) is 0 Å². The largest absolute Gasteiger partial charge is 0.488 e. The minimum Gasteiger partial charge on any atom is -0.488 e. The lowest BCUT2D eigenvalue weighted by atomic mass is 10.1. The van der Waals surface area contributed by atoms with Crippen LogP contribution in [0.15, 0.2) is 43.0 Å². The average Bonchev–Trinajstić information content (AvgIpc) is 3.11. The molecule has 1 aliphatic rings. The van der Waals surface area contributed by atoms with Gasteiger partial charge in [-0.25, -0.2) is 4.98 Å². The van der Waals surface area contributed by atoms with E-state index in [1.807, 2.05) is 24.8 Å². The number of imidazole rings is 1. The molecule has 4 nitrogen and oxygen atoms in total. The van der Waals surface area contributed by atoms with Gasteiger partial charge in [0, 0.05) is 31.9 Å². The molecular formula is C16H21N3O. The van der Waals surface area contributed by atoms with Crippen LogP contribution in [0.1, 0.15) is 18.4 Å². The van der Waals surface area contributed by atoms with Crippen molar-refractivity contribution in [3.05, 3.63) is 48.5 Å². The Bertz CT molecular complexity index is 499. The second-order valence-electron chi connectivity index (χ2n) is 5.26. The molecule has 3 rings (SSSR count). The zero-order valence-corrected chi connectivity index (χ0v) is 11.7. The van der Waals surface area contributed by atoms with Crippen LogP contribution in [0, 0.1) is 0 Å². The lowest BCUT2D eigenvalue weighted by molar-refractivity contribution is 0.227. The number of rotatable bonds is 7. The molecule has 20 heavy (non-hydrogen) atoms. The van der Waals surface area contributed by atoms with Gasteiger partial charge in [-0.2, -0.15) is 0 Å². The van der Waals surface area contributed by atoms with Gasteiger partial charge in [0.05, 0.1) is 6.33 Å². The maximum atomic E-state index is 5.90. The number of fused-ring (bicyclic) bond motifs is 1. The number of unbranched alkanes of at least 4 members (excludes halogenated alkanes) is 1. The Hall–Kier alpha value is -1.81. The molecule has 1 aliphatic heterocycles. The standard InChI is InChI=1S/C16H21N3O/c1-2-6-16-14(5-1)11-15(20-16)12-17-7-3-4-9-19-10-8-18-13-19/h1-2,5-6,8,10,13,15,17H,3-4,7,9,11-12H2. The van der Waals surface area contributed by atoms with Crippen LogP contribution in [-0.2, 0) is 13.0 Å². The topological polar surface area (TPSA) is 39.1 Å². The summed E-state index contributed by atoms with van der Waals surface area (Å²) in [5.74, 6) is 1.06. The van der Waals surface area contributed by atoms with Gasteiger partial charge in [0.25, 0.3) is 0 Å². The van der Waals surface area contributed by atoms with E-state index in [2.05, 4.69) is 33.1 Å². The quantitative estimate of drug-likeness (QED) is 0.785. The molecule has 2 aromatic rings. The molecular weight excluding hydrogens is 250 g/mol. The Kier molecular flexibility index (Phi) is 4.33. The van der Waals surface area contributed by atoms with Gasteiger partial charge in [0.2, 0.25) is 0 Å². The van der Waals surface area contributed by atoms with Gasteiger partial charge in [0.15, 0.2) is 0 Å². The third kappa shape index (κ3) is 3.39. The van der Waals surface area contributed by atoms with Gasteiger partial charge in [-0.15, -0.1) is 0 Å². The second-order valence-corrected chi connectivity index (χ2v) is 5.26. The van der Waals surface area contributed by atoms with Crippen molar-refractivity contribution in [1.29, 1.82) is 0 Å². The molecule has 1 aromatic heterocycles. The number of aryl methyl sites for hydroxylation is 1. The minimum atomic E-state index is 0.293. The van der Waals surface area contributed by atoms with E-state index in [9.17, 15) is 0 Å². The SMILES string of the molecule is c1ccc2c(c1)CC(CNCCCCn1ccnc1)O2. The Labute approximate surface area is 119 Å². The van der Waals surface area contributed by atoms with E-state index in [4.69, 9.17) is 4.74 Å². The first-order chi connectivity index (χ1) is 9.92. The highest BCUT2D eigenvalue weighted by atomic mass is 16.5. The summed E-state index contributed by atoms with van der Waals surface area (Å²) >= 11 is 0. The van der Waals surface area contributed by atoms with Gasteiger partial charge in [-0.1, -0.05) is 18.2 Å². The fourth-order valence-corrected chi connectivity index (χ4v) is 2.59. The second kappa shape index (κ2) is 6.57. The summed E-state index contributed by atoms with van der Waals surface area (Å²) < 4.78 is 8.02. The number of hydrogen-bond donors (Lipinski definition) is 1. The lowest BCUT2D eigenvalue weighted by Crippen LogP contribution is -2.30. The summed E-state index contributed by atoms with van der Waals surface area (Å²) in [4.78, 5) is 4.04. The number of ether oxygens (including phenoxy) is 1. The normalized spacial score (nSPS) is 16.9. The third-order valence-electron chi connectivity index (χ3n) is 3.66. The minimum absolute atomic E-state index is 0.293. The smallest absolute Gasteiger partial charge is 0.123 e. The fraction of sp³-hybridized carbons (Fsp3) is 0.438. The van der Waals surface area contributed by atoms with Gasteiger partial charge in [-0.05, 0) is 31.0 Å². The van der Waals surface area contributed by atoms with Gasteiger partial charge in [-0.3, -0.25) is 0 Å². The predicted octanol–water partition coefficient (Wildman–Crippen LogP) is 2.26. The number of nitrogens with one attached hydrogen (secondary N) is 1. The van der Waals surface area contributed by atoms with Gasteiger partial charge >= 0.3 is 0 Å². The maximum Gasteiger partial charge on any atom is 0.123 e. The van der Waals surface area contributed by atoms with Crippen molar-refractivity contribution in [3.63, 3.8) is 0 Å². The summed E-state index contributed by atoms with van der Waals surface area (Å²) in [6.45, 7) is 3.03. The van der Waals surface area contributed by atoms with Crippen molar-refractivity contribution in [2.45, 2.75) is 31.9 Å². The molecule has 0 aliphatic carbocycles. The molecule has 0 bridgehead atoms. The number of hydrogen-bond acceptors (Lipinski definition) is 3. The first-order valence-electron chi connectivity index (χ1n) is 7.33. The molecule has 0 saturated carbocycles. The van der Waals surface area contributed by atoms with Crippen LogP contribution in [0.25, 0.3) is 0 Å². The zero-order valence-electron chi connectivity index (χ0n) is 11.7. The molecule has 2 heterocycles. The summed E-state index contributed by atoms with van der Waals surface area (Å²) in [5.41, 5.74) is 1.33. The van der Waals surface area contributed by atoms with Crippen LogP contribution in [0.4, 0.5) is 0 Å². The Morgan fingerprint density at radius 2 is 2.25 bits per heavy atom. The Balaban J connectivity index is 1.28. The van der Waals surface area contributed by atoms with Crippen molar-refractivity contribution in [1.82, 2.24) is 14.9 Å². The molecule has 1 aromatic carbocycles. The van der Waals surface area contributed by atoms with Gasteiger partial charge < -0.3 is 14.6 Å². The number of para-hydroxylation sites is 1. The lowest BCUT2D eigenvalue weighted by Gasteiger charge is -2.11. The van der Waals surface area contributed by atoms with Crippen LogP contribution in [-0.4, -0.2) is 28.7 Å². The zero-order chi connectivity index (χ0) is 13.6. The van der Waals surface area contributed by atoms with E-state index in [-0.39, 0.29) is 0 Å². The highest BCUT2D eigenvalue weighted by molar-refractivity contribution is 5.37. The molecule has 0 spiro atoms. The molecule has 106 valence electrons. The first kappa shape index (κ1) is 13.2. The summed E-state index contributed by atoms with van der Waals surface area (Å²) in [5, 5.41) is 3.49. The van der Waals surface area contributed by atoms with Crippen molar-refractivity contribution in [2.24, 2.45) is 0 Å². The van der Waals surface area contributed by atoms with Crippen LogP contribution in [0.5, 0.6) is 5.75 Å². The Morgan fingerprint density at radius 1 is 1.30 bits per heavy atom.